The van der Waals surface area contributed by atoms with Crippen LogP contribution in [0.25, 0.3) is 10.6 Å². The third-order valence-electron chi connectivity index (χ3n) is 3.28. The molecule has 2 aromatic heterocycles. The maximum atomic E-state index is 11.3. The van der Waals surface area contributed by atoms with Gasteiger partial charge in [-0.25, -0.2) is 9.78 Å². The molecule has 5 nitrogen and oxygen atoms in total. The van der Waals surface area contributed by atoms with Crippen LogP contribution in [0.15, 0.2) is 6.20 Å². The number of thiazole rings is 1. The first kappa shape index (κ1) is 12.3. The number of carboxylic acids is 1. The largest absolute Gasteiger partial charge is 0.477 e. The van der Waals surface area contributed by atoms with Crippen molar-refractivity contribution in [2.24, 2.45) is 7.05 Å². The zero-order valence-electron chi connectivity index (χ0n) is 10.9. The van der Waals surface area contributed by atoms with E-state index in [1.54, 1.807) is 4.68 Å². The standard InChI is InChI=1S/C13H15N3O2S/c1-3-9-8(6-16(2)15-9)12-14-10(7-4-5-7)11(19-12)13(17)18/h6-7H,3-5H2,1-2H3,(H,17,18). The summed E-state index contributed by atoms with van der Waals surface area (Å²) in [7, 11) is 1.87. The van der Waals surface area contributed by atoms with Crippen LogP contribution in [-0.4, -0.2) is 25.8 Å². The van der Waals surface area contributed by atoms with Crippen molar-refractivity contribution in [3.05, 3.63) is 22.5 Å². The van der Waals surface area contributed by atoms with Crippen LogP contribution in [0.2, 0.25) is 0 Å². The molecule has 1 N–H and O–H groups in total. The van der Waals surface area contributed by atoms with Crippen LogP contribution >= 0.6 is 11.3 Å². The third-order valence-corrected chi connectivity index (χ3v) is 4.37. The van der Waals surface area contributed by atoms with Gasteiger partial charge < -0.3 is 5.11 Å². The average molecular weight is 277 g/mol. The van der Waals surface area contributed by atoms with Gasteiger partial charge in [0.15, 0.2) is 0 Å². The number of aromatic nitrogens is 3. The highest BCUT2D eigenvalue weighted by atomic mass is 32.1. The van der Waals surface area contributed by atoms with E-state index in [4.69, 9.17) is 0 Å². The first-order chi connectivity index (χ1) is 9.10. The van der Waals surface area contributed by atoms with Gasteiger partial charge in [0.1, 0.15) is 9.88 Å². The predicted molar refractivity (Wildman–Crippen MR) is 72.6 cm³/mol. The maximum Gasteiger partial charge on any atom is 0.347 e. The minimum atomic E-state index is -0.868. The van der Waals surface area contributed by atoms with Crippen LogP contribution in [0.5, 0.6) is 0 Å². The number of nitrogens with zero attached hydrogens (tertiary/aromatic N) is 3. The third kappa shape index (κ3) is 2.16. The second kappa shape index (κ2) is 4.45. The second-order valence-electron chi connectivity index (χ2n) is 4.83. The van der Waals surface area contributed by atoms with Gasteiger partial charge >= 0.3 is 5.97 Å². The number of hydrogen-bond acceptors (Lipinski definition) is 4. The molecular formula is C13H15N3O2S. The second-order valence-corrected chi connectivity index (χ2v) is 5.83. The number of hydrogen-bond donors (Lipinski definition) is 1. The Morgan fingerprint density at radius 1 is 1.58 bits per heavy atom. The van der Waals surface area contributed by atoms with E-state index in [0.717, 1.165) is 41.2 Å². The molecule has 0 aromatic carbocycles. The number of carbonyl (C=O) groups is 1. The summed E-state index contributed by atoms with van der Waals surface area (Å²) >= 11 is 1.27. The Morgan fingerprint density at radius 2 is 2.32 bits per heavy atom. The molecule has 1 aliphatic carbocycles. The maximum absolute atomic E-state index is 11.3. The van der Waals surface area contributed by atoms with Gasteiger partial charge in [0, 0.05) is 19.2 Å². The van der Waals surface area contributed by atoms with Crippen LogP contribution in [0.3, 0.4) is 0 Å². The Bertz CT molecular complexity index is 640. The molecule has 1 aliphatic rings. The SMILES string of the molecule is CCc1nn(C)cc1-c1nc(C2CC2)c(C(=O)O)s1. The lowest BCUT2D eigenvalue weighted by atomic mass is 10.2. The van der Waals surface area contributed by atoms with E-state index in [2.05, 4.69) is 10.1 Å². The van der Waals surface area contributed by atoms with Crippen LogP contribution < -0.4 is 0 Å². The fourth-order valence-electron chi connectivity index (χ4n) is 2.21. The van der Waals surface area contributed by atoms with E-state index < -0.39 is 5.97 Å². The van der Waals surface area contributed by atoms with Gasteiger partial charge in [-0.2, -0.15) is 5.10 Å². The molecule has 0 spiro atoms. The van der Waals surface area contributed by atoms with Crippen LogP contribution in [0.1, 0.15) is 46.7 Å². The number of aryl methyl sites for hydroxylation is 2. The van der Waals surface area contributed by atoms with Crippen molar-refractivity contribution in [2.75, 3.05) is 0 Å². The molecule has 3 rings (SSSR count). The summed E-state index contributed by atoms with van der Waals surface area (Å²) in [6, 6.07) is 0. The Balaban J connectivity index is 2.09. The van der Waals surface area contributed by atoms with Crippen molar-refractivity contribution >= 4 is 17.3 Å². The Hall–Kier alpha value is -1.69. The molecule has 0 saturated heterocycles. The topological polar surface area (TPSA) is 68.0 Å². The fourth-order valence-corrected chi connectivity index (χ4v) is 3.23. The molecule has 0 radical (unpaired) electrons. The Morgan fingerprint density at radius 3 is 2.89 bits per heavy atom. The highest BCUT2D eigenvalue weighted by Crippen LogP contribution is 2.44. The zero-order valence-corrected chi connectivity index (χ0v) is 11.7. The molecule has 100 valence electrons. The van der Waals surface area contributed by atoms with E-state index in [0.29, 0.717) is 10.8 Å². The fraction of sp³-hybridized carbons (Fsp3) is 0.462. The molecule has 6 heteroatoms. The van der Waals surface area contributed by atoms with Gasteiger partial charge in [0.25, 0.3) is 0 Å². The van der Waals surface area contributed by atoms with Crippen molar-refractivity contribution in [1.82, 2.24) is 14.8 Å². The quantitative estimate of drug-likeness (QED) is 0.933. The summed E-state index contributed by atoms with van der Waals surface area (Å²) in [5.74, 6) is -0.523. The summed E-state index contributed by atoms with van der Waals surface area (Å²) in [5.41, 5.74) is 2.69. The molecular weight excluding hydrogens is 262 g/mol. The summed E-state index contributed by atoms with van der Waals surface area (Å²) in [4.78, 5) is 16.3. The Labute approximate surface area is 114 Å². The lowest BCUT2D eigenvalue weighted by molar-refractivity contribution is 0.0700. The highest BCUT2D eigenvalue weighted by Gasteiger charge is 2.32. The molecule has 2 aromatic rings. The van der Waals surface area contributed by atoms with Gasteiger partial charge in [-0.1, -0.05) is 6.92 Å². The van der Waals surface area contributed by atoms with E-state index in [-0.39, 0.29) is 0 Å². The molecule has 1 saturated carbocycles. The molecule has 0 bridgehead atoms. The molecule has 1 fully saturated rings. The molecule has 0 unspecified atom stereocenters. The van der Waals surface area contributed by atoms with Gasteiger partial charge in [-0.3, -0.25) is 4.68 Å². The van der Waals surface area contributed by atoms with Gasteiger partial charge in [0.2, 0.25) is 0 Å². The molecule has 19 heavy (non-hydrogen) atoms. The molecule has 2 heterocycles. The first-order valence-corrected chi connectivity index (χ1v) is 7.18. The van der Waals surface area contributed by atoms with E-state index in [1.165, 1.54) is 11.3 Å². The predicted octanol–water partition coefficient (Wildman–Crippen LogP) is 2.68. The first-order valence-electron chi connectivity index (χ1n) is 6.37. The minimum Gasteiger partial charge on any atom is -0.477 e. The number of rotatable bonds is 4. The zero-order chi connectivity index (χ0) is 13.6. The average Bonchev–Trinajstić information content (AvgIpc) is 3.00. The van der Waals surface area contributed by atoms with Crippen molar-refractivity contribution in [2.45, 2.75) is 32.1 Å². The minimum absolute atomic E-state index is 0.345. The van der Waals surface area contributed by atoms with Crippen molar-refractivity contribution in [1.29, 1.82) is 0 Å². The van der Waals surface area contributed by atoms with E-state index in [1.807, 2.05) is 20.2 Å². The monoisotopic (exact) mass is 277 g/mol. The summed E-state index contributed by atoms with van der Waals surface area (Å²) in [6.07, 6.45) is 4.84. The Kier molecular flexibility index (Phi) is 2.89. The highest BCUT2D eigenvalue weighted by molar-refractivity contribution is 7.17. The molecule has 0 atom stereocenters. The van der Waals surface area contributed by atoms with Gasteiger partial charge in [0.05, 0.1) is 17.0 Å². The van der Waals surface area contributed by atoms with E-state index >= 15 is 0 Å². The van der Waals surface area contributed by atoms with Crippen LogP contribution in [-0.2, 0) is 13.5 Å². The lowest BCUT2D eigenvalue weighted by Gasteiger charge is -1.93. The van der Waals surface area contributed by atoms with Crippen LogP contribution in [0, 0.1) is 0 Å². The molecule has 0 amide bonds. The number of carboxylic acid groups (broad SMARTS) is 1. The van der Waals surface area contributed by atoms with Crippen LogP contribution in [0.4, 0.5) is 0 Å². The van der Waals surface area contributed by atoms with Crippen molar-refractivity contribution in [3.63, 3.8) is 0 Å². The van der Waals surface area contributed by atoms with Gasteiger partial charge in [-0.05, 0) is 19.3 Å². The van der Waals surface area contributed by atoms with Crippen molar-refractivity contribution < 1.29 is 9.90 Å². The van der Waals surface area contributed by atoms with E-state index in [9.17, 15) is 9.90 Å². The summed E-state index contributed by atoms with van der Waals surface area (Å²) in [5, 5.41) is 14.5. The number of aromatic carboxylic acids is 1. The summed E-state index contributed by atoms with van der Waals surface area (Å²) < 4.78 is 1.76. The normalized spacial score (nSPS) is 14.8. The lowest BCUT2D eigenvalue weighted by Crippen LogP contribution is -1.97. The molecule has 0 aliphatic heterocycles. The summed E-state index contributed by atoms with van der Waals surface area (Å²) in [6.45, 7) is 2.04. The van der Waals surface area contributed by atoms with Gasteiger partial charge in [-0.15, -0.1) is 11.3 Å². The smallest absolute Gasteiger partial charge is 0.347 e. The van der Waals surface area contributed by atoms with Crippen molar-refractivity contribution in [3.8, 4) is 10.6 Å².